The Morgan fingerprint density at radius 1 is 1.23 bits per heavy atom. The molecular weight excluding hydrogens is 162 g/mol. The molecule has 0 spiro atoms. The zero-order chi connectivity index (χ0) is 10.4. The number of ketones is 1. The van der Waals surface area contributed by atoms with Gasteiger partial charge >= 0.3 is 0 Å². The zero-order valence-corrected chi connectivity index (χ0v) is 9.55. The van der Waals surface area contributed by atoms with Crippen LogP contribution in [0.4, 0.5) is 0 Å². The van der Waals surface area contributed by atoms with Crippen molar-refractivity contribution >= 4 is 5.78 Å². The highest BCUT2D eigenvalue weighted by atomic mass is 16.1. The predicted octanol–water partition coefficient (Wildman–Crippen LogP) is 2.24. The van der Waals surface area contributed by atoms with Crippen LogP contribution in [-0.4, -0.2) is 18.4 Å². The standard InChI is InChI=1S/C11H23NO/c1-6-12-10(8(2)3)7-11(13)9(4)5/h8-10,12H,6-7H2,1-5H3. The Morgan fingerprint density at radius 2 is 1.77 bits per heavy atom. The summed E-state index contributed by atoms with van der Waals surface area (Å²) >= 11 is 0. The molecule has 0 aromatic heterocycles. The lowest BCUT2D eigenvalue weighted by Crippen LogP contribution is -2.36. The number of nitrogens with one attached hydrogen (secondary N) is 1. The molecule has 0 saturated carbocycles. The molecule has 1 atom stereocenters. The van der Waals surface area contributed by atoms with Crippen LogP contribution in [0.5, 0.6) is 0 Å². The molecule has 0 heterocycles. The molecule has 2 nitrogen and oxygen atoms in total. The highest BCUT2D eigenvalue weighted by molar-refractivity contribution is 5.80. The average Bonchev–Trinajstić information content (AvgIpc) is 2.03. The molecule has 13 heavy (non-hydrogen) atoms. The van der Waals surface area contributed by atoms with Crippen molar-refractivity contribution in [3.05, 3.63) is 0 Å². The average molecular weight is 185 g/mol. The third-order valence-corrected chi connectivity index (χ3v) is 2.34. The Morgan fingerprint density at radius 3 is 2.08 bits per heavy atom. The molecule has 0 fully saturated rings. The van der Waals surface area contributed by atoms with Crippen LogP contribution >= 0.6 is 0 Å². The van der Waals surface area contributed by atoms with Crippen molar-refractivity contribution in [1.29, 1.82) is 0 Å². The SMILES string of the molecule is CCNC(CC(=O)C(C)C)C(C)C. The van der Waals surface area contributed by atoms with Gasteiger partial charge in [0.2, 0.25) is 0 Å². The zero-order valence-electron chi connectivity index (χ0n) is 9.55. The summed E-state index contributed by atoms with van der Waals surface area (Å²) in [4.78, 5) is 11.5. The third kappa shape index (κ3) is 5.04. The van der Waals surface area contributed by atoms with E-state index in [1.54, 1.807) is 0 Å². The summed E-state index contributed by atoms with van der Waals surface area (Å²) in [5, 5.41) is 3.35. The Balaban J connectivity index is 4.02. The number of carbonyl (C=O) groups is 1. The maximum atomic E-state index is 11.5. The first-order valence-electron chi connectivity index (χ1n) is 5.25. The van der Waals surface area contributed by atoms with Crippen molar-refractivity contribution in [2.75, 3.05) is 6.54 Å². The van der Waals surface area contributed by atoms with Gasteiger partial charge in [0.15, 0.2) is 0 Å². The lowest BCUT2D eigenvalue weighted by molar-refractivity contribution is -0.122. The molecule has 0 aromatic carbocycles. The van der Waals surface area contributed by atoms with Crippen LogP contribution < -0.4 is 5.32 Å². The first kappa shape index (κ1) is 12.6. The summed E-state index contributed by atoms with van der Waals surface area (Å²) in [5.74, 6) is 1.06. The molecule has 0 aromatic rings. The summed E-state index contributed by atoms with van der Waals surface area (Å²) in [6.07, 6.45) is 0.670. The van der Waals surface area contributed by atoms with E-state index in [4.69, 9.17) is 0 Å². The summed E-state index contributed by atoms with van der Waals surface area (Å²) < 4.78 is 0. The predicted molar refractivity (Wildman–Crippen MR) is 56.8 cm³/mol. The lowest BCUT2D eigenvalue weighted by Gasteiger charge is -2.21. The highest BCUT2D eigenvalue weighted by Crippen LogP contribution is 2.10. The fourth-order valence-electron chi connectivity index (χ4n) is 1.26. The second-order valence-corrected chi connectivity index (χ2v) is 4.23. The van der Waals surface area contributed by atoms with E-state index < -0.39 is 0 Å². The number of rotatable bonds is 6. The Hall–Kier alpha value is -0.370. The van der Waals surface area contributed by atoms with Gasteiger partial charge in [-0.25, -0.2) is 0 Å². The van der Waals surface area contributed by atoms with Crippen LogP contribution in [0, 0.1) is 11.8 Å². The lowest BCUT2D eigenvalue weighted by atomic mass is 9.94. The van der Waals surface area contributed by atoms with Gasteiger partial charge in [0.1, 0.15) is 5.78 Å². The third-order valence-electron chi connectivity index (χ3n) is 2.34. The van der Waals surface area contributed by atoms with Crippen LogP contribution in [0.3, 0.4) is 0 Å². The minimum absolute atomic E-state index is 0.167. The fraction of sp³-hybridized carbons (Fsp3) is 0.909. The largest absolute Gasteiger partial charge is 0.314 e. The maximum Gasteiger partial charge on any atom is 0.136 e. The van der Waals surface area contributed by atoms with Crippen molar-refractivity contribution in [3.8, 4) is 0 Å². The van der Waals surface area contributed by atoms with E-state index in [-0.39, 0.29) is 5.92 Å². The Labute approximate surface area is 82.1 Å². The molecule has 0 bridgehead atoms. The quantitative estimate of drug-likeness (QED) is 0.687. The second-order valence-electron chi connectivity index (χ2n) is 4.23. The van der Waals surface area contributed by atoms with Gasteiger partial charge < -0.3 is 5.32 Å². The van der Waals surface area contributed by atoms with Crippen molar-refractivity contribution in [2.24, 2.45) is 11.8 Å². The minimum atomic E-state index is 0.167. The monoisotopic (exact) mass is 185 g/mol. The first-order valence-corrected chi connectivity index (χ1v) is 5.25. The van der Waals surface area contributed by atoms with Crippen molar-refractivity contribution in [2.45, 2.75) is 47.1 Å². The topological polar surface area (TPSA) is 29.1 Å². The summed E-state index contributed by atoms with van der Waals surface area (Å²) in [6, 6.07) is 0.347. The Kier molecular flexibility index (Phi) is 5.97. The molecule has 0 amide bonds. The molecule has 0 aliphatic rings. The van der Waals surface area contributed by atoms with E-state index in [9.17, 15) is 4.79 Å². The van der Waals surface area contributed by atoms with Crippen LogP contribution in [0.15, 0.2) is 0 Å². The maximum absolute atomic E-state index is 11.5. The Bertz CT molecular complexity index is 152. The van der Waals surface area contributed by atoms with E-state index in [0.717, 1.165) is 6.54 Å². The summed E-state index contributed by atoms with van der Waals surface area (Å²) in [5.41, 5.74) is 0. The van der Waals surface area contributed by atoms with E-state index in [0.29, 0.717) is 24.2 Å². The molecule has 2 heteroatoms. The number of hydrogen-bond donors (Lipinski definition) is 1. The molecule has 0 aliphatic carbocycles. The normalized spacial score (nSPS) is 13.8. The molecule has 1 N–H and O–H groups in total. The van der Waals surface area contributed by atoms with Gasteiger partial charge in [0.25, 0.3) is 0 Å². The first-order chi connectivity index (χ1) is 5.99. The van der Waals surface area contributed by atoms with Crippen LogP contribution in [-0.2, 0) is 4.79 Å². The van der Waals surface area contributed by atoms with Gasteiger partial charge in [-0.2, -0.15) is 0 Å². The molecule has 1 unspecified atom stereocenters. The van der Waals surface area contributed by atoms with E-state index in [1.807, 2.05) is 13.8 Å². The summed E-state index contributed by atoms with van der Waals surface area (Å²) in [6.45, 7) is 11.3. The van der Waals surface area contributed by atoms with Crippen LogP contribution in [0.2, 0.25) is 0 Å². The fourth-order valence-corrected chi connectivity index (χ4v) is 1.26. The highest BCUT2D eigenvalue weighted by Gasteiger charge is 2.17. The van der Waals surface area contributed by atoms with Crippen LogP contribution in [0.25, 0.3) is 0 Å². The number of Topliss-reactive ketones (excluding diaryl/α,β-unsaturated/α-hetero) is 1. The van der Waals surface area contributed by atoms with Gasteiger partial charge in [-0.15, -0.1) is 0 Å². The molecule has 78 valence electrons. The molecule has 0 aliphatic heterocycles. The number of carbonyl (C=O) groups excluding carboxylic acids is 1. The summed E-state index contributed by atoms with van der Waals surface area (Å²) in [7, 11) is 0. The smallest absolute Gasteiger partial charge is 0.136 e. The van der Waals surface area contributed by atoms with Crippen LogP contribution in [0.1, 0.15) is 41.0 Å². The van der Waals surface area contributed by atoms with Crippen molar-refractivity contribution in [3.63, 3.8) is 0 Å². The second kappa shape index (κ2) is 6.14. The minimum Gasteiger partial charge on any atom is -0.314 e. The molecule has 0 radical (unpaired) electrons. The molecular formula is C11H23NO. The van der Waals surface area contributed by atoms with Crippen molar-refractivity contribution < 1.29 is 4.79 Å². The van der Waals surface area contributed by atoms with Gasteiger partial charge in [0.05, 0.1) is 0 Å². The molecule has 0 rings (SSSR count). The molecule has 0 saturated heterocycles. The van der Waals surface area contributed by atoms with Gasteiger partial charge in [-0.05, 0) is 12.5 Å². The van der Waals surface area contributed by atoms with Gasteiger partial charge in [0, 0.05) is 18.4 Å². The van der Waals surface area contributed by atoms with E-state index in [2.05, 4.69) is 26.1 Å². The van der Waals surface area contributed by atoms with Gasteiger partial charge in [-0.3, -0.25) is 4.79 Å². The van der Waals surface area contributed by atoms with E-state index >= 15 is 0 Å². The van der Waals surface area contributed by atoms with E-state index in [1.165, 1.54) is 0 Å². The van der Waals surface area contributed by atoms with Crippen molar-refractivity contribution in [1.82, 2.24) is 5.32 Å². The van der Waals surface area contributed by atoms with Gasteiger partial charge in [-0.1, -0.05) is 34.6 Å². The number of hydrogen-bond acceptors (Lipinski definition) is 2.